The van der Waals surface area contributed by atoms with Crippen LogP contribution in [0.2, 0.25) is 0 Å². The first-order valence-electron chi connectivity index (χ1n) is 4.73. The number of rotatable bonds is 5. The third-order valence-electron chi connectivity index (χ3n) is 2.27. The van der Waals surface area contributed by atoms with Crippen LogP contribution >= 0.6 is 0 Å². The summed E-state index contributed by atoms with van der Waals surface area (Å²) in [4.78, 5) is 10.8. The molecule has 1 aliphatic rings. The van der Waals surface area contributed by atoms with E-state index in [-0.39, 0.29) is 0 Å². The number of esters is 1. The van der Waals surface area contributed by atoms with Gasteiger partial charge in [0.25, 0.3) is 0 Å². The summed E-state index contributed by atoms with van der Waals surface area (Å²) in [5.41, 5.74) is 0.370. The Morgan fingerprint density at radius 3 is 2.80 bits per heavy atom. The van der Waals surface area contributed by atoms with Crippen LogP contribution in [0, 0.1) is 0 Å². The number of hydrogen-bond acceptors (Lipinski definition) is 4. The summed E-state index contributed by atoms with van der Waals surface area (Å²) in [7, 11) is 1.29. The van der Waals surface area contributed by atoms with Crippen LogP contribution in [0.5, 0.6) is 0 Å². The first-order valence-corrected chi connectivity index (χ1v) is 4.73. The molecule has 0 radical (unpaired) electrons. The zero-order valence-electron chi connectivity index (χ0n) is 9.03. The minimum atomic E-state index is -0.798. The molecule has 0 aromatic carbocycles. The van der Waals surface area contributed by atoms with Crippen LogP contribution in [0.25, 0.3) is 0 Å². The van der Waals surface area contributed by atoms with E-state index >= 15 is 0 Å². The molecule has 1 fully saturated rings. The minimum absolute atomic E-state index is 0.486. The number of aliphatic hydroxyl groups is 1. The van der Waals surface area contributed by atoms with E-state index < -0.39 is 17.7 Å². The van der Waals surface area contributed by atoms with Crippen LogP contribution in [-0.2, 0) is 14.3 Å². The maximum Gasteiger partial charge on any atom is 0.330 e. The van der Waals surface area contributed by atoms with Gasteiger partial charge in [-0.05, 0) is 13.0 Å². The van der Waals surface area contributed by atoms with E-state index in [1.165, 1.54) is 19.3 Å². The Bertz CT molecular complexity index is 289. The minimum Gasteiger partial charge on any atom is -0.466 e. The molecule has 2 atom stereocenters. The van der Waals surface area contributed by atoms with Gasteiger partial charge < -0.3 is 14.6 Å². The van der Waals surface area contributed by atoms with Crippen LogP contribution in [0.1, 0.15) is 13.3 Å². The lowest BCUT2D eigenvalue weighted by Crippen LogP contribution is -2.28. The van der Waals surface area contributed by atoms with Crippen LogP contribution in [-0.4, -0.2) is 36.5 Å². The highest BCUT2D eigenvalue weighted by atomic mass is 16.6. The predicted molar refractivity (Wildman–Crippen MR) is 55.3 cm³/mol. The van der Waals surface area contributed by atoms with Crippen molar-refractivity contribution in [2.75, 3.05) is 13.7 Å². The smallest absolute Gasteiger partial charge is 0.330 e. The predicted octanol–water partition coefficient (Wildman–Crippen LogP) is 0.812. The third-order valence-corrected chi connectivity index (χ3v) is 2.27. The quantitative estimate of drug-likeness (QED) is 0.317. The summed E-state index contributed by atoms with van der Waals surface area (Å²) in [6, 6.07) is 0. The lowest BCUT2D eigenvalue weighted by atomic mass is 9.95. The van der Waals surface area contributed by atoms with E-state index in [4.69, 9.17) is 4.74 Å². The van der Waals surface area contributed by atoms with E-state index in [9.17, 15) is 9.90 Å². The van der Waals surface area contributed by atoms with Crippen molar-refractivity contribution in [2.45, 2.75) is 25.0 Å². The first-order chi connectivity index (χ1) is 7.00. The van der Waals surface area contributed by atoms with Gasteiger partial charge >= 0.3 is 5.97 Å². The van der Waals surface area contributed by atoms with Gasteiger partial charge in [-0.25, -0.2) is 4.79 Å². The Kier molecular flexibility index (Phi) is 3.66. The van der Waals surface area contributed by atoms with Crippen LogP contribution in [0.4, 0.5) is 0 Å². The van der Waals surface area contributed by atoms with Crippen molar-refractivity contribution in [2.24, 2.45) is 0 Å². The van der Waals surface area contributed by atoms with E-state index in [1.54, 1.807) is 0 Å². The molecular weight excluding hydrogens is 196 g/mol. The largest absolute Gasteiger partial charge is 0.466 e. The molecule has 1 saturated heterocycles. The number of hydrogen-bond donors (Lipinski definition) is 1. The average Bonchev–Trinajstić information content (AvgIpc) is 2.93. The maximum absolute atomic E-state index is 10.8. The van der Waals surface area contributed by atoms with Crippen LogP contribution in [0.3, 0.4) is 0 Å². The van der Waals surface area contributed by atoms with Crippen molar-refractivity contribution in [3.05, 3.63) is 24.3 Å². The van der Waals surface area contributed by atoms with Gasteiger partial charge in [0.1, 0.15) is 11.7 Å². The average molecular weight is 212 g/mol. The highest BCUT2D eigenvalue weighted by molar-refractivity contribution is 5.81. The fourth-order valence-corrected chi connectivity index (χ4v) is 1.39. The molecule has 15 heavy (non-hydrogen) atoms. The monoisotopic (exact) mass is 212 g/mol. The summed E-state index contributed by atoms with van der Waals surface area (Å²) in [5, 5.41) is 9.77. The zero-order chi connectivity index (χ0) is 11.5. The van der Waals surface area contributed by atoms with Crippen molar-refractivity contribution in [1.29, 1.82) is 0 Å². The Hall–Kier alpha value is -1.13. The molecule has 1 heterocycles. The van der Waals surface area contributed by atoms with Gasteiger partial charge in [0.05, 0.1) is 13.7 Å². The summed E-state index contributed by atoms with van der Waals surface area (Å²) in [6.45, 7) is 6.14. The molecule has 0 unspecified atom stereocenters. The van der Waals surface area contributed by atoms with E-state index in [1.807, 2.05) is 6.92 Å². The summed E-state index contributed by atoms with van der Waals surface area (Å²) >= 11 is 0. The number of carbonyl (C=O) groups is 1. The second-order valence-corrected chi connectivity index (χ2v) is 3.81. The Balaban J connectivity index is 2.53. The molecule has 1 aliphatic heterocycles. The van der Waals surface area contributed by atoms with Gasteiger partial charge in [-0.2, -0.15) is 0 Å². The van der Waals surface area contributed by atoms with Crippen molar-refractivity contribution < 1.29 is 19.4 Å². The molecule has 84 valence electrons. The fraction of sp³-hybridized carbons (Fsp3) is 0.545. The fourth-order valence-electron chi connectivity index (χ4n) is 1.39. The van der Waals surface area contributed by atoms with Gasteiger partial charge in [0.2, 0.25) is 0 Å². The van der Waals surface area contributed by atoms with Gasteiger partial charge in [-0.15, -0.1) is 6.58 Å². The molecule has 1 rings (SSSR count). The van der Waals surface area contributed by atoms with Gasteiger partial charge in [0, 0.05) is 12.5 Å². The number of aliphatic hydroxyl groups excluding tert-OH is 1. The molecule has 0 aromatic heterocycles. The zero-order valence-corrected chi connectivity index (χ0v) is 9.03. The lowest BCUT2D eigenvalue weighted by molar-refractivity contribution is -0.134. The molecule has 4 heteroatoms. The number of ether oxygens (including phenoxy) is 2. The van der Waals surface area contributed by atoms with Crippen molar-refractivity contribution in [1.82, 2.24) is 0 Å². The van der Waals surface area contributed by atoms with Crippen molar-refractivity contribution in [3.8, 4) is 0 Å². The Labute approximate surface area is 89.2 Å². The maximum atomic E-state index is 10.8. The number of methoxy groups -OCH3 is 1. The summed E-state index contributed by atoms with van der Waals surface area (Å²) in [6.07, 6.45) is 2.39. The lowest BCUT2D eigenvalue weighted by Gasteiger charge is -2.15. The standard InChI is InChI=1S/C11H16O4/c1-8(2)6-11(7-15-11)9(12)4-5-10(13)14-3/h4-5,9,12H,1,6-7H2,2-3H3/b5-4+/t9-,11-/m1/s1. The molecule has 0 aromatic rings. The second-order valence-electron chi connectivity index (χ2n) is 3.81. The highest BCUT2D eigenvalue weighted by Gasteiger charge is 2.49. The molecule has 0 amide bonds. The number of carbonyl (C=O) groups excluding carboxylic acids is 1. The van der Waals surface area contributed by atoms with E-state index in [0.717, 1.165) is 5.57 Å². The second kappa shape index (κ2) is 4.59. The summed E-state index contributed by atoms with van der Waals surface area (Å²) < 4.78 is 9.64. The third kappa shape index (κ3) is 3.18. The Morgan fingerprint density at radius 1 is 1.80 bits per heavy atom. The van der Waals surface area contributed by atoms with Crippen molar-refractivity contribution in [3.63, 3.8) is 0 Å². The molecule has 0 bridgehead atoms. The molecular formula is C11H16O4. The Morgan fingerprint density at radius 2 is 2.40 bits per heavy atom. The van der Waals surface area contributed by atoms with E-state index in [2.05, 4.69) is 11.3 Å². The van der Waals surface area contributed by atoms with Crippen LogP contribution < -0.4 is 0 Å². The molecule has 4 nitrogen and oxygen atoms in total. The summed E-state index contributed by atoms with van der Waals surface area (Å²) in [5.74, 6) is -0.486. The first kappa shape index (κ1) is 11.9. The van der Waals surface area contributed by atoms with Crippen molar-refractivity contribution >= 4 is 5.97 Å². The van der Waals surface area contributed by atoms with Gasteiger partial charge in [-0.1, -0.05) is 5.57 Å². The number of epoxide rings is 1. The van der Waals surface area contributed by atoms with Gasteiger partial charge in [-0.3, -0.25) is 0 Å². The van der Waals surface area contributed by atoms with Crippen LogP contribution in [0.15, 0.2) is 24.3 Å². The van der Waals surface area contributed by atoms with Gasteiger partial charge in [0.15, 0.2) is 0 Å². The molecule has 0 aliphatic carbocycles. The molecule has 0 saturated carbocycles. The SMILES string of the molecule is C=C(C)C[C@]1([C@H](O)/C=C/C(=O)OC)CO1. The topological polar surface area (TPSA) is 59.1 Å². The van der Waals surface area contributed by atoms with E-state index in [0.29, 0.717) is 13.0 Å². The molecule has 1 N–H and O–H groups in total. The normalized spacial score (nSPS) is 26.3. The molecule has 0 spiro atoms. The highest BCUT2D eigenvalue weighted by Crippen LogP contribution is 2.37.